The highest BCUT2D eigenvalue weighted by molar-refractivity contribution is 7.92. The minimum Gasteiger partial charge on any atom is -0.492 e. The fourth-order valence-electron chi connectivity index (χ4n) is 2.93. The fraction of sp³-hybridized carbons (Fsp3) is 0.174. The Bertz CT molecular complexity index is 1220. The standard InChI is InChI=1S/C23H21ClF2N2O4S/c1-33(30,31)28(19-8-11-21(25)22(26)14-19)15-16-2-4-17(5-3-16)23(29)27-12-13-32-20-9-6-18(24)7-10-20/h2-11,14H,12-13,15H2,1H3,(H,27,29). The quantitative estimate of drug-likeness (QED) is 0.448. The topological polar surface area (TPSA) is 75.7 Å². The monoisotopic (exact) mass is 494 g/mol. The van der Waals surface area contributed by atoms with Crippen molar-refractivity contribution in [3.05, 3.63) is 94.5 Å². The Balaban J connectivity index is 1.59. The molecule has 174 valence electrons. The van der Waals surface area contributed by atoms with Gasteiger partial charge in [0.15, 0.2) is 11.6 Å². The van der Waals surface area contributed by atoms with Crippen LogP contribution in [0.3, 0.4) is 0 Å². The third-order valence-electron chi connectivity index (χ3n) is 4.60. The Labute approximate surface area is 195 Å². The number of hydrogen-bond acceptors (Lipinski definition) is 4. The van der Waals surface area contributed by atoms with Crippen LogP contribution in [0, 0.1) is 11.6 Å². The second-order valence-corrected chi connectivity index (χ2v) is 9.47. The maximum atomic E-state index is 13.6. The van der Waals surface area contributed by atoms with E-state index in [2.05, 4.69) is 5.32 Å². The van der Waals surface area contributed by atoms with Crippen molar-refractivity contribution in [2.45, 2.75) is 6.54 Å². The lowest BCUT2D eigenvalue weighted by atomic mass is 10.1. The molecular weight excluding hydrogens is 474 g/mol. The van der Waals surface area contributed by atoms with Crippen LogP contribution in [0.2, 0.25) is 5.02 Å². The second kappa shape index (κ2) is 10.6. The number of rotatable bonds is 9. The van der Waals surface area contributed by atoms with E-state index in [9.17, 15) is 22.0 Å². The Kier molecular flexibility index (Phi) is 7.88. The summed E-state index contributed by atoms with van der Waals surface area (Å²) in [7, 11) is -3.77. The number of carbonyl (C=O) groups is 1. The van der Waals surface area contributed by atoms with Crippen molar-refractivity contribution >= 4 is 33.2 Å². The first-order valence-corrected chi connectivity index (χ1v) is 12.0. The van der Waals surface area contributed by atoms with Gasteiger partial charge in [-0.15, -0.1) is 0 Å². The first-order chi connectivity index (χ1) is 15.6. The molecule has 0 aliphatic carbocycles. The summed E-state index contributed by atoms with van der Waals surface area (Å²) in [4.78, 5) is 12.3. The van der Waals surface area contributed by atoms with Crippen molar-refractivity contribution in [3.63, 3.8) is 0 Å². The molecule has 0 fully saturated rings. The van der Waals surface area contributed by atoms with Crippen molar-refractivity contribution in [2.75, 3.05) is 23.7 Å². The van der Waals surface area contributed by atoms with Gasteiger partial charge in [0, 0.05) is 16.7 Å². The lowest BCUT2D eigenvalue weighted by Crippen LogP contribution is -2.30. The van der Waals surface area contributed by atoms with E-state index in [4.69, 9.17) is 16.3 Å². The Morgan fingerprint density at radius 2 is 1.67 bits per heavy atom. The molecule has 0 heterocycles. The predicted octanol–water partition coefficient (Wildman–Crippen LogP) is 4.39. The normalized spacial score (nSPS) is 11.2. The zero-order valence-corrected chi connectivity index (χ0v) is 19.2. The molecule has 33 heavy (non-hydrogen) atoms. The number of sulfonamides is 1. The number of nitrogens with one attached hydrogen (secondary N) is 1. The maximum absolute atomic E-state index is 13.6. The van der Waals surface area contributed by atoms with Crippen LogP contribution >= 0.6 is 11.6 Å². The summed E-state index contributed by atoms with van der Waals surface area (Å²) in [6, 6.07) is 16.0. The van der Waals surface area contributed by atoms with Crippen molar-refractivity contribution in [1.29, 1.82) is 0 Å². The van der Waals surface area contributed by atoms with E-state index in [1.807, 2.05) is 0 Å². The summed E-state index contributed by atoms with van der Waals surface area (Å²) in [5.74, 6) is -1.90. The van der Waals surface area contributed by atoms with E-state index in [0.29, 0.717) is 21.9 Å². The summed E-state index contributed by atoms with van der Waals surface area (Å²) < 4.78 is 57.7. The molecule has 10 heteroatoms. The molecule has 0 radical (unpaired) electrons. The van der Waals surface area contributed by atoms with E-state index < -0.39 is 21.7 Å². The molecule has 1 amide bonds. The highest BCUT2D eigenvalue weighted by atomic mass is 35.5. The molecular formula is C23H21ClF2N2O4S. The molecule has 0 spiro atoms. The predicted molar refractivity (Wildman–Crippen MR) is 123 cm³/mol. The van der Waals surface area contributed by atoms with Crippen molar-refractivity contribution < 1.29 is 26.7 Å². The van der Waals surface area contributed by atoms with Crippen LogP contribution in [0.15, 0.2) is 66.7 Å². The van der Waals surface area contributed by atoms with Gasteiger partial charge in [-0.2, -0.15) is 0 Å². The molecule has 3 aromatic carbocycles. The van der Waals surface area contributed by atoms with Crippen LogP contribution in [-0.2, 0) is 16.6 Å². The van der Waals surface area contributed by atoms with Crippen LogP contribution in [0.5, 0.6) is 5.75 Å². The van der Waals surface area contributed by atoms with Gasteiger partial charge in [0.05, 0.1) is 25.0 Å². The first-order valence-electron chi connectivity index (χ1n) is 9.82. The summed E-state index contributed by atoms with van der Waals surface area (Å²) >= 11 is 5.81. The Morgan fingerprint density at radius 3 is 2.27 bits per heavy atom. The summed E-state index contributed by atoms with van der Waals surface area (Å²) in [5, 5.41) is 3.33. The van der Waals surface area contributed by atoms with Crippen molar-refractivity contribution in [2.24, 2.45) is 0 Å². The number of hydrogen-bond donors (Lipinski definition) is 1. The zero-order chi connectivity index (χ0) is 24.0. The molecule has 0 bridgehead atoms. The third kappa shape index (κ3) is 6.90. The second-order valence-electron chi connectivity index (χ2n) is 7.12. The molecule has 0 aliphatic rings. The van der Waals surface area contributed by atoms with Gasteiger partial charge in [-0.1, -0.05) is 23.7 Å². The zero-order valence-electron chi connectivity index (χ0n) is 17.6. The molecule has 0 unspecified atom stereocenters. The van der Waals surface area contributed by atoms with E-state index in [1.54, 1.807) is 48.5 Å². The van der Waals surface area contributed by atoms with Gasteiger partial charge in [-0.05, 0) is 54.1 Å². The van der Waals surface area contributed by atoms with Crippen LogP contribution in [0.4, 0.5) is 14.5 Å². The summed E-state index contributed by atoms with van der Waals surface area (Å²) in [6.45, 7) is 0.435. The van der Waals surface area contributed by atoms with Crippen LogP contribution in [-0.4, -0.2) is 33.7 Å². The van der Waals surface area contributed by atoms with Crippen molar-refractivity contribution in [1.82, 2.24) is 5.32 Å². The number of benzene rings is 3. The van der Waals surface area contributed by atoms with Crippen LogP contribution < -0.4 is 14.4 Å². The largest absolute Gasteiger partial charge is 0.492 e. The molecule has 3 rings (SSSR count). The molecule has 0 atom stereocenters. The molecule has 3 aromatic rings. The van der Waals surface area contributed by atoms with E-state index in [0.717, 1.165) is 22.7 Å². The summed E-state index contributed by atoms with van der Waals surface area (Å²) in [6.07, 6.45) is 0.974. The SMILES string of the molecule is CS(=O)(=O)N(Cc1ccc(C(=O)NCCOc2ccc(Cl)cc2)cc1)c1ccc(F)c(F)c1. The van der Waals surface area contributed by atoms with E-state index in [-0.39, 0.29) is 31.3 Å². The van der Waals surface area contributed by atoms with Gasteiger partial charge in [0.2, 0.25) is 10.0 Å². The Morgan fingerprint density at radius 1 is 1.00 bits per heavy atom. The number of ether oxygens (including phenoxy) is 1. The highest BCUT2D eigenvalue weighted by Gasteiger charge is 2.19. The van der Waals surface area contributed by atoms with Gasteiger partial charge in [0.25, 0.3) is 5.91 Å². The molecule has 6 nitrogen and oxygen atoms in total. The van der Waals surface area contributed by atoms with Gasteiger partial charge in [-0.3, -0.25) is 9.10 Å². The van der Waals surface area contributed by atoms with Crippen LogP contribution in [0.1, 0.15) is 15.9 Å². The third-order valence-corrected chi connectivity index (χ3v) is 6.00. The molecule has 0 saturated carbocycles. The van der Waals surface area contributed by atoms with Crippen molar-refractivity contribution in [3.8, 4) is 5.75 Å². The number of anilines is 1. The smallest absolute Gasteiger partial charge is 0.251 e. The lowest BCUT2D eigenvalue weighted by Gasteiger charge is -2.22. The lowest BCUT2D eigenvalue weighted by molar-refractivity contribution is 0.0947. The molecule has 0 saturated heterocycles. The highest BCUT2D eigenvalue weighted by Crippen LogP contribution is 2.23. The molecule has 1 N–H and O–H groups in total. The molecule has 0 aliphatic heterocycles. The fourth-order valence-corrected chi connectivity index (χ4v) is 3.94. The van der Waals surface area contributed by atoms with Gasteiger partial charge >= 0.3 is 0 Å². The van der Waals surface area contributed by atoms with E-state index in [1.165, 1.54) is 6.07 Å². The van der Waals surface area contributed by atoms with Crippen LogP contribution in [0.25, 0.3) is 0 Å². The number of halogens is 3. The number of carbonyl (C=O) groups excluding carboxylic acids is 1. The summed E-state index contributed by atoms with van der Waals surface area (Å²) in [5.41, 5.74) is 0.940. The first kappa shape index (κ1) is 24.5. The maximum Gasteiger partial charge on any atom is 0.251 e. The average Bonchev–Trinajstić information content (AvgIpc) is 2.78. The molecule has 0 aromatic heterocycles. The minimum atomic E-state index is -3.77. The van der Waals surface area contributed by atoms with E-state index >= 15 is 0 Å². The van der Waals surface area contributed by atoms with Gasteiger partial charge < -0.3 is 10.1 Å². The Hall–Kier alpha value is -3.17. The average molecular weight is 495 g/mol. The number of nitrogens with zero attached hydrogens (tertiary/aromatic N) is 1. The number of amides is 1. The van der Waals surface area contributed by atoms with Gasteiger partial charge in [0.1, 0.15) is 12.4 Å². The van der Waals surface area contributed by atoms with Gasteiger partial charge in [-0.25, -0.2) is 17.2 Å². The minimum absolute atomic E-state index is 0.00101.